The van der Waals surface area contributed by atoms with Gasteiger partial charge in [0.25, 0.3) is 0 Å². The van der Waals surface area contributed by atoms with Gasteiger partial charge in [0.2, 0.25) is 0 Å². The number of hydrogen-bond donors (Lipinski definition) is 0. The lowest BCUT2D eigenvalue weighted by molar-refractivity contribution is 0.0915. The van der Waals surface area contributed by atoms with Gasteiger partial charge in [0.15, 0.2) is 11.5 Å². The summed E-state index contributed by atoms with van der Waals surface area (Å²) in [4.78, 5) is 2.27. The van der Waals surface area contributed by atoms with Gasteiger partial charge in [-0.05, 0) is 43.5 Å². The molecule has 2 aromatic rings. The van der Waals surface area contributed by atoms with E-state index in [4.69, 9.17) is 13.1 Å². The molecule has 6 heteroatoms. The van der Waals surface area contributed by atoms with Gasteiger partial charge in [0.1, 0.15) is 12.2 Å². The van der Waals surface area contributed by atoms with Crippen LogP contribution in [-0.4, -0.2) is 22.5 Å². The molecular weight excluding hydrogens is 326 g/mol. The Kier molecular flexibility index (Phi) is 3.36. The molecule has 0 amide bonds. The van der Waals surface area contributed by atoms with Crippen LogP contribution in [0.3, 0.4) is 0 Å². The van der Waals surface area contributed by atoms with E-state index in [0.717, 1.165) is 42.1 Å². The normalized spacial score (nSPS) is 30.9. The van der Waals surface area contributed by atoms with Gasteiger partial charge in [0.05, 0.1) is 17.4 Å². The summed E-state index contributed by atoms with van der Waals surface area (Å²) >= 11 is -1.64. The van der Waals surface area contributed by atoms with E-state index in [1.54, 1.807) is 0 Å². The number of ether oxygens (including phenoxy) is 1. The number of para-hydroxylation sites is 4. The van der Waals surface area contributed by atoms with Gasteiger partial charge in [-0.1, -0.05) is 24.3 Å². The third-order valence-corrected chi connectivity index (χ3v) is 5.71. The molecule has 124 valence electrons. The van der Waals surface area contributed by atoms with Gasteiger partial charge in [-0.15, -0.1) is 0 Å². The predicted molar refractivity (Wildman–Crippen MR) is 90.6 cm³/mol. The first-order chi connectivity index (χ1) is 11.8. The number of hydrogen-bond acceptors (Lipinski definition) is 5. The molecule has 0 aromatic heterocycles. The Bertz CT molecular complexity index is 766. The highest BCUT2D eigenvalue weighted by Crippen LogP contribution is 2.50. The summed E-state index contributed by atoms with van der Waals surface area (Å²) in [5.74, 6) is 1.66. The second-order valence-corrected chi connectivity index (χ2v) is 7.10. The highest BCUT2D eigenvalue weighted by Gasteiger charge is 2.47. The first kappa shape index (κ1) is 14.5. The first-order valence-electron chi connectivity index (χ1n) is 8.22. The lowest BCUT2D eigenvalue weighted by Gasteiger charge is -2.42. The van der Waals surface area contributed by atoms with Crippen LogP contribution in [0.25, 0.3) is 0 Å². The molecule has 4 atom stereocenters. The van der Waals surface area contributed by atoms with Crippen LogP contribution in [0.1, 0.15) is 19.3 Å². The standard InChI is InChI=1S/C18H17NO4S/c20-24-22-17-11-5-8-14(18(17)23-24)19-12-6-1-3-9-15(12)21-16-10-4-2-7-13(16)19/h1-4,6-7,9-10,14,17-18H,5,8,11H2/t14-,17?,18?,24?/m1/s1. The van der Waals surface area contributed by atoms with E-state index >= 15 is 0 Å². The van der Waals surface area contributed by atoms with Crippen molar-refractivity contribution in [2.45, 2.75) is 37.5 Å². The maximum Gasteiger partial charge on any atom is 0.305 e. The quantitative estimate of drug-likeness (QED) is 0.787. The maximum atomic E-state index is 11.8. The molecule has 2 heterocycles. The van der Waals surface area contributed by atoms with Gasteiger partial charge in [-0.25, -0.2) is 0 Å². The SMILES string of the molecule is O=S1OC2CCC[C@@H](N3c4ccccc4Oc4ccccc43)C2O1. The van der Waals surface area contributed by atoms with Crippen molar-refractivity contribution in [3.05, 3.63) is 48.5 Å². The van der Waals surface area contributed by atoms with Crippen LogP contribution >= 0.6 is 0 Å². The lowest BCUT2D eigenvalue weighted by atomic mass is 9.88. The van der Waals surface area contributed by atoms with Crippen molar-refractivity contribution in [3.63, 3.8) is 0 Å². The van der Waals surface area contributed by atoms with E-state index in [0.29, 0.717) is 0 Å². The van der Waals surface area contributed by atoms with Crippen molar-refractivity contribution in [1.29, 1.82) is 0 Å². The van der Waals surface area contributed by atoms with Crippen LogP contribution < -0.4 is 9.64 Å². The second-order valence-electron chi connectivity index (χ2n) is 6.31. The molecule has 5 rings (SSSR count). The van der Waals surface area contributed by atoms with Crippen molar-refractivity contribution in [2.24, 2.45) is 0 Å². The number of fused-ring (bicyclic) bond motifs is 3. The van der Waals surface area contributed by atoms with Gasteiger partial charge in [-0.2, -0.15) is 4.21 Å². The number of rotatable bonds is 1. The van der Waals surface area contributed by atoms with Crippen molar-refractivity contribution in [2.75, 3.05) is 4.90 Å². The lowest BCUT2D eigenvalue weighted by Crippen LogP contribution is -2.49. The molecule has 0 N–H and O–H groups in total. The summed E-state index contributed by atoms with van der Waals surface area (Å²) in [7, 11) is 0. The Labute approximate surface area is 143 Å². The molecule has 1 saturated carbocycles. The first-order valence-corrected chi connectivity index (χ1v) is 9.22. The fourth-order valence-corrected chi connectivity index (χ4v) is 4.80. The van der Waals surface area contributed by atoms with Crippen LogP contribution in [0.15, 0.2) is 48.5 Å². The van der Waals surface area contributed by atoms with Crippen molar-refractivity contribution < 1.29 is 17.3 Å². The van der Waals surface area contributed by atoms with E-state index in [-0.39, 0.29) is 18.2 Å². The summed E-state index contributed by atoms with van der Waals surface area (Å²) in [6.07, 6.45) is 2.57. The fraction of sp³-hybridized carbons (Fsp3) is 0.333. The average Bonchev–Trinajstić information content (AvgIpc) is 3.00. The fourth-order valence-electron chi connectivity index (χ4n) is 3.91. The van der Waals surface area contributed by atoms with Gasteiger partial charge >= 0.3 is 11.4 Å². The van der Waals surface area contributed by atoms with Gasteiger partial charge in [0, 0.05) is 0 Å². The minimum Gasteiger partial charge on any atom is -0.453 e. The summed E-state index contributed by atoms with van der Waals surface area (Å²) < 4.78 is 28.9. The Morgan fingerprint density at radius 2 is 1.58 bits per heavy atom. The number of anilines is 2. The monoisotopic (exact) mass is 343 g/mol. The van der Waals surface area contributed by atoms with E-state index in [1.165, 1.54) is 0 Å². The topological polar surface area (TPSA) is 48.0 Å². The van der Waals surface area contributed by atoms with Crippen molar-refractivity contribution in [3.8, 4) is 11.5 Å². The van der Waals surface area contributed by atoms with Crippen molar-refractivity contribution >= 4 is 22.7 Å². The predicted octanol–water partition coefficient (Wildman–Crippen LogP) is 3.85. The molecule has 24 heavy (non-hydrogen) atoms. The van der Waals surface area contributed by atoms with Crippen molar-refractivity contribution in [1.82, 2.24) is 0 Å². The largest absolute Gasteiger partial charge is 0.453 e. The molecule has 5 nitrogen and oxygen atoms in total. The van der Waals surface area contributed by atoms with E-state index < -0.39 is 11.4 Å². The molecule has 2 fully saturated rings. The Morgan fingerprint density at radius 1 is 0.917 bits per heavy atom. The van der Waals surface area contributed by atoms with Crippen LogP contribution in [-0.2, 0) is 19.7 Å². The summed E-state index contributed by atoms with van der Waals surface area (Å²) in [6, 6.07) is 16.1. The minimum atomic E-state index is -1.64. The number of nitrogens with zero attached hydrogens (tertiary/aromatic N) is 1. The Hall–Kier alpha value is -1.89. The van der Waals surface area contributed by atoms with Gasteiger partial charge in [-0.3, -0.25) is 8.37 Å². The van der Waals surface area contributed by atoms with Gasteiger partial charge < -0.3 is 9.64 Å². The Morgan fingerprint density at radius 3 is 2.29 bits per heavy atom. The summed E-state index contributed by atoms with van der Waals surface area (Å²) in [6.45, 7) is 0. The molecule has 1 saturated heterocycles. The molecule has 2 aliphatic heterocycles. The summed E-state index contributed by atoms with van der Waals surface area (Å²) in [5.41, 5.74) is 2.03. The molecular formula is C18H17NO4S. The molecule has 3 unspecified atom stereocenters. The molecule has 2 aromatic carbocycles. The molecule has 3 aliphatic rings. The zero-order chi connectivity index (χ0) is 16.1. The van der Waals surface area contributed by atoms with E-state index in [9.17, 15) is 4.21 Å². The smallest absolute Gasteiger partial charge is 0.305 e. The van der Waals surface area contributed by atoms with Crippen LogP contribution in [0.4, 0.5) is 11.4 Å². The zero-order valence-corrected chi connectivity index (χ0v) is 13.8. The van der Waals surface area contributed by atoms with E-state index in [2.05, 4.69) is 17.0 Å². The molecule has 0 bridgehead atoms. The second kappa shape index (κ2) is 5.58. The zero-order valence-electron chi connectivity index (χ0n) is 13.0. The minimum absolute atomic E-state index is 0.0707. The van der Waals surface area contributed by atoms with Crippen LogP contribution in [0.5, 0.6) is 11.5 Å². The third-order valence-electron chi connectivity index (χ3n) is 4.93. The molecule has 1 aliphatic carbocycles. The molecule has 0 radical (unpaired) electrons. The number of benzene rings is 2. The highest BCUT2D eigenvalue weighted by molar-refractivity contribution is 7.75. The molecule has 0 spiro atoms. The van der Waals surface area contributed by atoms with Crippen LogP contribution in [0.2, 0.25) is 0 Å². The Balaban J connectivity index is 1.63. The van der Waals surface area contributed by atoms with E-state index in [1.807, 2.05) is 36.4 Å². The highest BCUT2D eigenvalue weighted by atomic mass is 32.2. The summed E-state index contributed by atoms with van der Waals surface area (Å²) in [5, 5.41) is 0. The maximum absolute atomic E-state index is 11.8. The van der Waals surface area contributed by atoms with Crippen LogP contribution in [0, 0.1) is 0 Å². The average molecular weight is 343 g/mol. The third kappa shape index (κ3) is 2.17.